The molecule has 0 bridgehead atoms. The fraction of sp³-hybridized carbons (Fsp3) is 0.304. The highest BCUT2D eigenvalue weighted by atomic mass is 19.1. The number of nitrogens with one attached hydrogen (secondary N) is 1. The van der Waals surface area contributed by atoms with Crippen LogP contribution in [0.1, 0.15) is 26.3 Å². The van der Waals surface area contributed by atoms with Gasteiger partial charge < -0.3 is 14.8 Å². The molecule has 0 saturated heterocycles. The Hall–Kier alpha value is -3.35. The molecule has 3 aromatic rings. The number of alkyl carbamates (subject to hydrolysis) is 1. The van der Waals surface area contributed by atoms with Crippen molar-refractivity contribution in [3.05, 3.63) is 60.0 Å². The predicted molar refractivity (Wildman–Crippen MR) is 114 cm³/mol. The van der Waals surface area contributed by atoms with Gasteiger partial charge in [-0.1, -0.05) is 12.1 Å². The lowest BCUT2D eigenvalue weighted by atomic mass is 9.96. The van der Waals surface area contributed by atoms with Gasteiger partial charge in [-0.05, 0) is 62.2 Å². The molecule has 0 saturated carbocycles. The third-order valence-corrected chi connectivity index (χ3v) is 4.39. The number of nitrogens with zero attached hydrogens (tertiary/aromatic N) is 2. The molecule has 30 heavy (non-hydrogen) atoms. The maximum atomic E-state index is 13.4. The smallest absolute Gasteiger partial charge is 0.407 e. The number of halogens is 1. The SMILES string of the molecule is COc1cc(CNC(=O)OC(C)(C)C)c(-c2ccn(C)n2)cc1-c1ccc(F)cc1. The minimum absolute atomic E-state index is 0.237. The zero-order chi connectivity index (χ0) is 21.9. The van der Waals surface area contributed by atoms with E-state index in [1.54, 1.807) is 23.9 Å². The van der Waals surface area contributed by atoms with E-state index in [0.29, 0.717) is 5.75 Å². The maximum Gasteiger partial charge on any atom is 0.407 e. The van der Waals surface area contributed by atoms with Crippen LogP contribution in [0.5, 0.6) is 5.75 Å². The van der Waals surface area contributed by atoms with E-state index in [0.717, 1.165) is 27.9 Å². The van der Waals surface area contributed by atoms with Crippen molar-refractivity contribution in [2.45, 2.75) is 32.9 Å². The number of methoxy groups -OCH3 is 1. The van der Waals surface area contributed by atoms with E-state index in [1.807, 2.05) is 52.2 Å². The van der Waals surface area contributed by atoms with Crippen molar-refractivity contribution >= 4 is 6.09 Å². The topological polar surface area (TPSA) is 65.4 Å². The number of hydrogen-bond acceptors (Lipinski definition) is 4. The van der Waals surface area contributed by atoms with E-state index in [9.17, 15) is 9.18 Å². The van der Waals surface area contributed by atoms with Crippen molar-refractivity contribution in [2.75, 3.05) is 7.11 Å². The van der Waals surface area contributed by atoms with Crippen LogP contribution in [0, 0.1) is 5.82 Å². The molecule has 6 nitrogen and oxygen atoms in total. The van der Waals surface area contributed by atoms with Gasteiger partial charge in [-0.15, -0.1) is 0 Å². The molecule has 7 heteroatoms. The number of ether oxygens (including phenoxy) is 2. The molecule has 0 unspecified atom stereocenters. The van der Waals surface area contributed by atoms with E-state index in [4.69, 9.17) is 9.47 Å². The number of aryl methyl sites for hydroxylation is 1. The average molecular weight is 411 g/mol. The standard InChI is InChI=1S/C23H26FN3O3/c1-23(2,3)30-22(28)25-14-16-12-21(29-5)19(15-6-8-17(24)9-7-15)13-18(16)20-10-11-27(4)26-20/h6-13H,14H2,1-5H3,(H,25,28). The first-order valence-corrected chi connectivity index (χ1v) is 9.60. The molecule has 3 rings (SSSR count). The molecule has 1 heterocycles. The monoisotopic (exact) mass is 411 g/mol. The molecule has 1 amide bonds. The van der Waals surface area contributed by atoms with Crippen LogP contribution in [-0.2, 0) is 18.3 Å². The lowest BCUT2D eigenvalue weighted by Crippen LogP contribution is -2.32. The summed E-state index contributed by atoms with van der Waals surface area (Å²) in [6, 6.07) is 11.9. The Labute approximate surface area is 175 Å². The van der Waals surface area contributed by atoms with Gasteiger partial charge in [0.2, 0.25) is 0 Å². The zero-order valence-electron chi connectivity index (χ0n) is 17.8. The minimum Gasteiger partial charge on any atom is -0.496 e. The van der Waals surface area contributed by atoms with Crippen molar-refractivity contribution < 1.29 is 18.7 Å². The first-order valence-electron chi connectivity index (χ1n) is 9.60. The molecule has 0 spiro atoms. The summed E-state index contributed by atoms with van der Waals surface area (Å²) in [4.78, 5) is 12.1. The van der Waals surface area contributed by atoms with E-state index in [2.05, 4.69) is 10.4 Å². The van der Waals surface area contributed by atoms with Gasteiger partial charge >= 0.3 is 6.09 Å². The number of aromatic nitrogens is 2. The Kier molecular flexibility index (Phi) is 6.10. The van der Waals surface area contributed by atoms with Gasteiger partial charge in [-0.3, -0.25) is 4.68 Å². The summed E-state index contributed by atoms with van der Waals surface area (Å²) in [7, 11) is 3.42. The molecule has 0 atom stereocenters. The van der Waals surface area contributed by atoms with Gasteiger partial charge in [-0.25, -0.2) is 9.18 Å². The van der Waals surface area contributed by atoms with Gasteiger partial charge in [0.25, 0.3) is 0 Å². The zero-order valence-corrected chi connectivity index (χ0v) is 17.8. The molecule has 158 valence electrons. The summed E-state index contributed by atoms with van der Waals surface area (Å²) in [5.74, 6) is 0.308. The van der Waals surface area contributed by atoms with Crippen molar-refractivity contribution in [3.8, 4) is 28.1 Å². The lowest BCUT2D eigenvalue weighted by Gasteiger charge is -2.20. The maximum absolute atomic E-state index is 13.4. The summed E-state index contributed by atoms with van der Waals surface area (Å²) in [6.45, 7) is 5.67. The van der Waals surface area contributed by atoms with Crippen molar-refractivity contribution in [1.29, 1.82) is 0 Å². The third kappa shape index (κ3) is 5.17. The number of amides is 1. The molecule has 1 N–H and O–H groups in total. The van der Waals surface area contributed by atoms with Crippen molar-refractivity contribution in [1.82, 2.24) is 15.1 Å². The van der Waals surface area contributed by atoms with Crippen LogP contribution >= 0.6 is 0 Å². The van der Waals surface area contributed by atoms with Crippen LogP contribution < -0.4 is 10.1 Å². The van der Waals surface area contributed by atoms with Crippen LogP contribution in [0.15, 0.2) is 48.7 Å². The van der Waals surface area contributed by atoms with E-state index in [-0.39, 0.29) is 12.4 Å². The summed E-state index contributed by atoms with van der Waals surface area (Å²) < 4.78 is 26.0. The van der Waals surface area contributed by atoms with E-state index >= 15 is 0 Å². The number of hydrogen-bond donors (Lipinski definition) is 1. The number of benzene rings is 2. The van der Waals surface area contributed by atoms with Crippen LogP contribution in [0.3, 0.4) is 0 Å². The lowest BCUT2D eigenvalue weighted by molar-refractivity contribution is 0.0523. The molecular formula is C23H26FN3O3. The van der Waals surface area contributed by atoms with Crippen molar-refractivity contribution in [3.63, 3.8) is 0 Å². The fourth-order valence-corrected chi connectivity index (χ4v) is 3.07. The molecule has 0 fully saturated rings. The second-order valence-corrected chi connectivity index (χ2v) is 7.95. The summed E-state index contributed by atoms with van der Waals surface area (Å²) in [5.41, 5.74) is 3.45. The average Bonchev–Trinajstić information content (AvgIpc) is 3.11. The molecule has 0 aliphatic carbocycles. The Balaban J connectivity index is 2.02. The first-order chi connectivity index (χ1) is 14.2. The first kappa shape index (κ1) is 21.4. The van der Waals surface area contributed by atoms with Gasteiger partial charge in [0.05, 0.1) is 12.8 Å². The Morgan fingerprint density at radius 3 is 2.40 bits per heavy atom. The van der Waals surface area contributed by atoms with Crippen LogP contribution in [0.4, 0.5) is 9.18 Å². The molecule has 2 aromatic carbocycles. The van der Waals surface area contributed by atoms with Crippen molar-refractivity contribution in [2.24, 2.45) is 7.05 Å². The van der Waals surface area contributed by atoms with Gasteiger partial charge in [0, 0.05) is 30.9 Å². The Morgan fingerprint density at radius 2 is 1.83 bits per heavy atom. The fourth-order valence-electron chi connectivity index (χ4n) is 3.07. The van der Waals surface area contributed by atoms with Gasteiger partial charge in [0.15, 0.2) is 0 Å². The number of carbonyl (C=O) groups excluding carboxylic acids is 1. The largest absolute Gasteiger partial charge is 0.496 e. The summed E-state index contributed by atoms with van der Waals surface area (Å²) in [5, 5.41) is 7.29. The predicted octanol–water partition coefficient (Wildman–Crippen LogP) is 4.93. The molecular weight excluding hydrogens is 385 g/mol. The highest BCUT2D eigenvalue weighted by Gasteiger charge is 2.19. The quantitative estimate of drug-likeness (QED) is 0.647. The highest BCUT2D eigenvalue weighted by molar-refractivity contribution is 5.79. The highest BCUT2D eigenvalue weighted by Crippen LogP contribution is 2.36. The third-order valence-electron chi connectivity index (χ3n) is 4.39. The second kappa shape index (κ2) is 8.57. The molecule has 0 aliphatic heterocycles. The second-order valence-electron chi connectivity index (χ2n) is 7.95. The summed E-state index contributed by atoms with van der Waals surface area (Å²) in [6.07, 6.45) is 1.35. The van der Waals surface area contributed by atoms with E-state index in [1.165, 1.54) is 12.1 Å². The minimum atomic E-state index is -0.585. The summed E-state index contributed by atoms with van der Waals surface area (Å²) >= 11 is 0. The van der Waals surface area contributed by atoms with Gasteiger partial charge in [-0.2, -0.15) is 5.10 Å². The Bertz CT molecular complexity index is 1040. The molecule has 0 aliphatic rings. The van der Waals surface area contributed by atoms with Crippen LogP contribution in [-0.4, -0.2) is 28.6 Å². The van der Waals surface area contributed by atoms with Crippen LogP contribution in [0.25, 0.3) is 22.4 Å². The number of rotatable bonds is 5. The van der Waals surface area contributed by atoms with Gasteiger partial charge in [0.1, 0.15) is 17.2 Å². The Morgan fingerprint density at radius 1 is 1.13 bits per heavy atom. The molecule has 1 aromatic heterocycles. The number of carbonyl (C=O) groups is 1. The van der Waals surface area contributed by atoms with E-state index < -0.39 is 11.7 Å². The van der Waals surface area contributed by atoms with Crippen LogP contribution in [0.2, 0.25) is 0 Å². The molecule has 0 radical (unpaired) electrons. The normalized spacial score (nSPS) is 11.3.